The number of ether oxygens (including phenoxy) is 1. The summed E-state index contributed by atoms with van der Waals surface area (Å²) in [6.07, 6.45) is 2.18. The van der Waals surface area contributed by atoms with Crippen LogP contribution in [0.15, 0.2) is 78.9 Å². The minimum absolute atomic E-state index is 0.241. The number of halogens is 1. The summed E-state index contributed by atoms with van der Waals surface area (Å²) in [5.74, 6) is -0.537. The first-order chi connectivity index (χ1) is 17.1. The summed E-state index contributed by atoms with van der Waals surface area (Å²) in [5, 5.41) is 0. The Morgan fingerprint density at radius 3 is 2.26 bits per heavy atom. The second-order valence-electron chi connectivity index (χ2n) is 9.28. The van der Waals surface area contributed by atoms with Crippen LogP contribution in [0.2, 0.25) is 0 Å². The molecule has 3 aromatic carbocycles. The molecular formula is C30H35FN2O2. The normalized spacial score (nSPS) is 16.0. The summed E-state index contributed by atoms with van der Waals surface area (Å²) in [7, 11) is 1.43. The van der Waals surface area contributed by atoms with Gasteiger partial charge in [-0.15, -0.1) is 0 Å². The van der Waals surface area contributed by atoms with E-state index in [1.807, 2.05) is 13.0 Å². The molecule has 0 radical (unpaired) electrons. The summed E-state index contributed by atoms with van der Waals surface area (Å²) < 4.78 is 18.7. The van der Waals surface area contributed by atoms with Crippen LogP contribution in [0.25, 0.3) is 11.1 Å². The Labute approximate surface area is 208 Å². The molecule has 0 N–H and O–H groups in total. The highest BCUT2D eigenvalue weighted by Gasteiger charge is 2.39. The first-order valence-electron chi connectivity index (χ1n) is 12.5. The summed E-state index contributed by atoms with van der Waals surface area (Å²) in [6, 6.07) is 25.5. The quantitative estimate of drug-likeness (QED) is 0.361. The Morgan fingerprint density at radius 2 is 1.60 bits per heavy atom. The molecule has 4 nitrogen and oxygen atoms in total. The van der Waals surface area contributed by atoms with Crippen molar-refractivity contribution in [2.45, 2.75) is 31.6 Å². The van der Waals surface area contributed by atoms with Gasteiger partial charge in [0.05, 0.1) is 12.5 Å². The molecule has 0 bridgehead atoms. The number of benzene rings is 3. The number of nitrogens with zero attached hydrogens (tertiary/aromatic N) is 2. The molecule has 0 amide bonds. The number of rotatable bonds is 9. The molecular weight excluding hydrogens is 439 g/mol. The number of carbonyl (C=O) groups excluding carboxylic acids is 1. The molecule has 0 aliphatic carbocycles. The highest BCUT2D eigenvalue weighted by molar-refractivity contribution is 5.83. The van der Waals surface area contributed by atoms with Crippen LogP contribution in [-0.4, -0.2) is 50.7 Å². The van der Waals surface area contributed by atoms with Crippen LogP contribution < -0.4 is 4.90 Å². The predicted molar refractivity (Wildman–Crippen MR) is 140 cm³/mol. The molecule has 1 fully saturated rings. The maximum atomic E-state index is 13.5. The van der Waals surface area contributed by atoms with E-state index in [-0.39, 0.29) is 11.8 Å². The van der Waals surface area contributed by atoms with Crippen LogP contribution in [0.3, 0.4) is 0 Å². The summed E-state index contributed by atoms with van der Waals surface area (Å²) in [6.45, 7) is 6.87. The molecule has 3 aromatic rings. The molecule has 5 heteroatoms. The van der Waals surface area contributed by atoms with Gasteiger partial charge < -0.3 is 9.64 Å². The van der Waals surface area contributed by atoms with Gasteiger partial charge in [-0.3, -0.25) is 9.69 Å². The fourth-order valence-corrected chi connectivity index (χ4v) is 5.20. The molecule has 0 spiro atoms. The van der Waals surface area contributed by atoms with E-state index in [1.54, 1.807) is 12.1 Å². The minimum atomic E-state index is -0.734. The van der Waals surface area contributed by atoms with Crippen LogP contribution in [0.5, 0.6) is 0 Å². The van der Waals surface area contributed by atoms with Crippen molar-refractivity contribution < 1.29 is 13.9 Å². The topological polar surface area (TPSA) is 32.8 Å². The molecule has 1 aliphatic heterocycles. The Hall–Kier alpha value is -3.18. The van der Waals surface area contributed by atoms with Crippen molar-refractivity contribution in [3.8, 4) is 11.1 Å². The van der Waals surface area contributed by atoms with Gasteiger partial charge >= 0.3 is 5.97 Å². The maximum absolute atomic E-state index is 13.5. The van der Waals surface area contributed by atoms with Crippen LogP contribution in [-0.2, 0) is 14.9 Å². The van der Waals surface area contributed by atoms with E-state index >= 15 is 0 Å². The fourth-order valence-electron chi connectivity index (χ4n) is 5.20. The van der Waals surface area contributed by atoms with Gasteiger partial charge in [0.15, 0.2) is 0 Å². The number of piperazine rings is 1. The predicted octanol–water partition coefficient (Wildman–Crippen LogP) is 5.92. The van der Waals surface area contributed by atoms with Gasteiger partial charge in [-0.1, -0.05) is 61.5 Å². The highest BCUT2D eigenvalue weighted by atomic mass is 19.1. The third-order valence-corrected chi connectivity index (χ3v) is 7.35. The molecule has 1 atom stereocenters. The average molecular weight is 475 g/mol. The number of hydrogen-bond donors (Lipinski definition) is 0. The van der Waals surface area contributed by atoms with Crippen LogP contribution in [0.4, 0.5) is 10.1 Å². The molecule has 35 heavy (non-hydrogen) atoms. The van der Waals surface area contributed by atoms with E-state index in [0.29, 0.717) is 12.8 Å². The van der Waals surface area contributed by atoms with Gasteiger partial charge in [0.1, 0.15) is 5.82 Å². The summed E-state index contributed by atoms with van der Waals surface area (Å²) in [4.78, 5) is 17.7. The smallest absolute Gasteiger partial charge is 0.316 e. The lowest BCUT2D eigenvalue weighted by Crippen LogP contribution is -2.47. The van der Waals surface area contributed by atoms with E-state index in [0.717, 1.165) is 44.7 Å². The second-order valence-corrected chi connectivity index (χ2v) is 9.28. The molecule has 1 aliphatic rings. The molecule has 1 saturated heterocycles. The fraction of sp³-hybridized carbons (Fsp3) is 0.367. The van der Waals surface area contributed by atoms with Crippen molar-refractivity contribution in [3.05, 3.63) is 90.2 Å². The lowest BCUT2D eigenvalue weighted by molar-refractivity contribution is -0.148. The van der Waals surface area contributed by atoms with E-state index in [2.05, 4.69) is 58.3 Å². The van der Waals surface area contributed by atoms with E-state index in [1.165, 1.54) is 36.1 Å². The number of methoxy groups -OCH3 is 1. The van der Waals surface area contributed by atoms with Crippen molar-refractivity contribution in [2.75, 3.05) is 44.7 Å². The lowest BCUT2D eigenvalue weighted by atomic mass is 9.74. The lowest BCUT2D eigenvalue weighted by Gasteiger charge is -2.37. The van der Waals surface area contributed by atoms with Gasteiger partial charge in [-0.05, 0) is 66.8 Å². The minimum Gasteiger partial charge on any atom is -0.468 e. The number of anilines is 1. The number of carbonyl (C=O) groups is 1. The summed E-state index contributed by atoms with van der Waals surface area (Å²) in [5.41, 5.74) is 3.83. The van der Waals surface area contributed by atoms with Crippen LogP contribution >= 0.6 is 0 Å². The first kappa shape index (κ1) is 24.9. The standard InChI is InChI=1S/C30H35FN2O2/c1-3-30(29(34)35-2,26-13-15-27(31)16-14-26)17-8-18-32-19-21-33(22-20-32)28-12-7-11-25(23-28)24-9-5-4-6-10-24/h4-7,9-16,23H,3,8,17-22H2,1-2H3. The average Bonchev–Trinajstić information content (AvgIpc) is 2.92. The third kappa shape index (κ3) is 5.73. The van der Waals surface area contributed by atoms with Gasteiger partial charge in [0.25, 0.3) is 0 Å². The van der Waals surface area contributed by atoms with Crippen molar-refractivity contribution in [1.82, 2.24) is 4.90 Å². The van der Waals surface area contributed by atoms with Crippen LogP contribution in [0, 0.1) is 5.82 Å². The van der Waals surface area contributed by atoms with Crippen molar-refractivity contribution in [1.29, 1.82) is 0 Å². The van der Waals surface area contributed by atoms with Crippen molar-refractivity contribution >= 4 is 11.7 Å². The maximum Gasteiger partial charge on any atom is 0.316 e. The van der Waals surface area contributed by atoms with Gasteiger partial charge in [-0.2, -0.15) is 0 Å². The number of hydrogen-bond acceptors (Lipinski definition) is 4. The zero-order chi connectivity index (χ0) is 24.7. The van der Waals surface area contributed by atoms with Crippen LogP contribution in [0.1, 0.15) is 31.7 Å². The zero-order valence-electron chi connectivity index (χ0n) is 20.8. The Kier molecular flexibility index (Phi) is 8.19. The largest absolute Gasteiger partial charge is 0.468 e. The van der Waals surface area contributed by atoms with Gasteiger partial charge in [0.2, 0.25) is 0 Å². The second kappa shape index (κ2) is 11.5. The zero-order valence-corrected chi connectivity index (χ0v) is 20.8. The molecule has 184 valence electrons. The molecule has 1 unspecified atom stereocenters. The van der Waals surface area contributed by atoms with Gasteiger partial charge in [-0.25, -0.2) is 4.39 Å². The summed E-state index contributed by atoms with van der Waals surface area (Å²) >= 11 is 0. The third-order valence-electron chi connectivity index (χ3n) is 7.35. The monoisotopic (exact) mass is 474 g/mol. The van der Waals surface area contributed by atoms with Crippen molar-refractivity contribution in [3.63, 3.8) is 0 Å². The molecule has 0 saturated carbocycles. The molecule has 4 rings (SSSR count). The Balaban J connectivity index is 1.34. The van der Waals surface area contributed by atoms with E-state index < -0.39 is 5.41 Å². The highest BCUT2D eigenvalue weighted by Crippen LogP contribution is 2.35. The van der Waals surface area contributed by atoms with E-state index in [4.69, 9.17) is 4.74 Å². The first-order valence-corrected chi connectivity index (χ1v) is 12.5. The Bertz CT molecular complexity index is 1090. The van der Waals surface area contributed by atoms with Gasteiger partial charge in [0, 0.05) is 31.9 Å². The van der Waals surface area contributed by atoms with Crippen molar-refractivity contribution in [2.24, 2.45) is 0 Å². The number of esters is 1. The molecule has 1 heterocycles. The SMILES string of the molecule is CCC(CCCN1CCN(c2cccc(-c3ccccc3)c2)CC1)(C(=O)OC)c1ccc(F)cc1. The van der Waals surface area contributed by atoms with E-state index in [9.17, 15) is 9.18 Å². The molecule has 0 aromatic heterocycles. The Morgan fingerprint density at radius 1 is 0.914 bits per heavy atom.